The van der Waals surface area contributed by atoms with E-state index in [1.807, 2.05) is 0 Å². The number of hydrogen-bond acceptors (Lipinski definition) is 1. The molecule has 0 spiro atoms. The zero-order valence-electron chi connectivity index (χ0n) is 2.58. The molecule has 0 aliphatic carbocycles. The molecule has 0 aromatic rings. The van der Waals surface area contributed by atoms with Crippen LogP contribution in [-0.4, -0.2) is 5.84 Å². The van der Waals surface area contributed by atoms with Crippen LogP contribution in [0.25, 0.3) is 0 Å². The van der Waals surface area contributed by atoms with Crippen molar-refractivity contribution in [3.8, 4) is 0 Å². The van der Waals surface area contributed by atoms with Gasteiger partial charge in [-0.3, -0.25) is 5.41 Å². The maximum absolute atomic E-state index is 6.28. The molecule has 0 fully saturated rings. The van der Waals surface area contributed by atoms with Crippen LogP contribution in [-0.2, 0) is 0 Å². The van der Waals surface area contributed by atoms with Crippen molar-refractivity contribution in [2.24, 2.45) is 5.73 Å². The number of nitrogens with two attached hydrogens (primary N) is 1. The molecule has 0 rings (SSSR count). The van der Waals surface area contributed by atoms with Crippen molar-refractivity contribution in [2.75, 3.05) is 0 Å². The summed E-state index contributed by atoms with van der Waals surface area (Å²) in [5.74, 6) is 0.167. The molecule has 0 aliphatic rings. The third-order valence-corrected chi connectivity index (χ3v) is 0. The monoisotopic (exact) mass is 60.1 g/mol. The molecule has 2 heteroatoms. The van der Waals surface area contributed by atoms with Gasteiger partial charge in [0.15, 0.2) is 0 Å². The summed E-state index contributed by atoms with van der Waals surface area (Å²) in [5.41, 5.74) is 4.69. The highest BCUT2D eigenvalue weighted by Gasteiger charge is 1.53. The van der Waals surface area contributed by atoms with Gasteiger partial charge in [0, 0.05) is 1.43 Å². The van der Waals surface area contributed by atoms with Crippen LogP contribution in [0.3, 0.4) is 0 Å². The first-order valence-corrected chi connectivity index (χ1v) is 1.04. The summed E-state index contributed by atoms with van der Waals surface area (Å²) in [5, 5.41) is 6.28. The number of amidine groups is 1. The van der Waals surface area contributed by atoms with Crippen LogP contribution in [0.2, 0.25) is 0 Å². The summed E-state index contributed by atoms with van der Waals surface area (Å²) in [6.45, 7) is 1.53. The molecule has 2 nitrogen and oxygen atoms in total. The molecule has 0 unspecified atom stereocenters. The Balaban J connectivity index is 0. The van der Waals surface area contributed by atoms with Crippen molar-refractivity contribution in [3.05, 3.63) is 0 Å². The predicted octanol–water partition coefficient (Wildman–Crippen LogP) is 0.188. The Morgan fingerprint density at radius 3 is 2.25 bits per heavy atom. The largest absolute Gasteiger partial charge is 0.388 e. The van der Waals surface area contributed by atoms with Gasteiger partial charge in [-0.1, -0.05) is 0 Å². The average molecular weight is 60.1 g/mol. The Hall–Kier alpha value is -0.530. The fraction of sp³-hybridized carbons (Fsp3) is 0.500. The molecule has 4 heavy (non-hydrogen) atoms. The Kier molecular flexibility index (Phi) is 0.759. The molecule has 0 bridgehead atoms. The molecule has 0 saturated heterocycles. The normalized spacial score (nSPS) is 6.25. The van der Waals surface area contributed by atoms with Gasteiger partial charge in [-0.05, 0) is 6.92 Å². The highest BCUT2D eigenvalue weighted by Crippen LogP contribution is 1.36. The lowest BCUT2D eigenvalue weighted by Crippen LogP contribution is -2.00. The van der Waals surface area contributed by atoms with Crippen LogP contribution in [0, 0.1) is 5.41 Å². The van der Waals surface area contributed by atoms with E-state index in [4.69, 9.17) is 11.1 Å². The summed E-state index contributed by atoms with van der Waals surface area (Å²) in [6, 6.07) is 0. The van der Waals surface area contributed by atoms with Crippen LogP contribution in [0.1, 0.15) is 8.35 Å². The van der Waals surface area contributed by atoms with Gasteiger partial charge in [0.25, 0.3) is 0 Å². The van der Waals surface area contributed by atoms with Crippen molar-refractivity contribution < 1.29 is 1.43 Å². The third kappa shape index (κ3) is 1.16. The van der Waals surface area contributed by atoms with Crippen LogP contribution in [0.5, 0.6) is 0 Å². The zero-order chi connectivity index (χ0) is 3.58. The van der Waals surface area contributed by atoms with E-state index in [2.05, 4.69) is 0 Å². The lowest BCUT2D eigenvalue weighted by molar-refractivity contribution is 1.42. The highest BCUT2D eigenvalue weighted by atomic mass is 14.7. The molecule has 0 amide bonds. The van der Waals surface area contributed by atoms with Crippen LogP contribution >= 0.6 is 0 Å². The molecule has 0 aliphatic heterocycles. The first-order chi connectivity index (χ1) is 1.73. The lowest BCUT2D eigenvalue weighted by Gasteiger charge is -1.66. The van der Waals surface area contributed by atoms with Gasteiger partial charge in [-0.2, -0.15) is 0 Å². The minimum Gasteiger partial charge on any atom is -0.388 e. The Labute approximate surface area is 26.6 Å². The van der Waals surface area contributed by atoms with Gasteiger partial charge in [0.1, 0.15) is 0 Å². The molecule has 0 aromatic carbocycles. The molecular formula is C2H8N2. The van der Waals surface area contributed by atoms with E-state index < -0.39 is 0 Å². The SMILES string of the molecule is CC(=N)N.[HH]. The highest BCUT2D eigenvalue weighted by molar-refractivity contribution is 5.73. The van der Waals surface area contributed by atoms with Crippen LogP contribution in [0.4, 0.5) is 0 Å². The van der Waals surface area contributed by atoms with Crippen molar-refractivity contribution >= 4 is 5.84 Å². The topological polar surface area (TPSA) is 49.9 Å². The van der Waals surface area contributed by atoms with E-state index in [0.717, 1.165) is 0 Å². The third-order valence-electron chi connectivity index (χ3n) is 0. The molecule has 0 radical (unpaired) electrons. The standard InChI is InChI=1S/C2H6N2.H2/c1-2(3)4;/h1H3,(H3,3,4);1H. The van der Waals surface area contributed by atoms with Gasteiger partial charge in [-0.25, -0.2) is 0 Å². The van der Waals surface area contributed by atoms with Crippen LogP contribution in [0.15, 0.2) is 0 Å². The molecule has 26 valence electrons. The Bertz CT molecular complexity index is 30.6. The smallest absolute Gasteiger partial charge is 0.0873 e. The molecule has 0 heterocycles. The Morgan fingerprint density at radius 2 is 2.25 bits per heavy atom. The van der Waals surface area contributed by atoms with E-state index in [1.165, 1.54) is 6.92 Å². The van der Waals surface area contributed by atoms with Gasteiger partial charge in [0.2, 0.25) is 0 Å². The second kappa shape index (κ2) is 0.875. The molecular weight excluding hydrogens is 52.0 g/mol. The summed E-state index contributed by atoms with van der Waals surface area (Å²) in [4.78, 5) is 0. The number of hydrogen-bond donors (Lipinski definition) is 2. The van der Waals surface area contributed by atoms with Crippen molar-refractivity contribution in [3.63, 3.8) is 0 Å². The fourth-order valence-corrected chi connectivity index (χ4v) is 0. The fourth-order valence-electron chi connectivity index (χ4n) is 0. The maximum atomic E-state index is 6.28. The van der Waals surface area contributed by atoms with Crippen molar-refractivity contribution in [1.82, 2.24) is 0 Å². The van der Waals surface area contributed by atoms with E-state index >= 15 is 0 Å². The summed E-state index contributed by atoms with van der Waals surface area (Å²) in [6.07, 6.45) is 0. The molecule has 3 N–H and O–H groups in total. The quantitative estimate of drug-likeness (QED) is 0.304. The van der Waals surface area contributed by atoms with Crippen molar-refractivity contribution in [2.45, 2.75) is 6.92 Å². The number of rotatable bonds is 0. The second-order valence-corrected chi connectivity index (χ2v) is 0.683. The van der Waals surface area contributed by atoms with Crippen LogP contribution < -0.4 is 5.73 Å². The predicted molar refractivity (Wildman–Crippen MR) is 19.7 cm³/mol. The second-order valence-electron chi connectivity index (χ2n) is 0.683. The first kappa shape index (κ1) is 3.47. The minimum atomic E-state index is 0. The number of nitrogens with one attached hydrogen (secondary N) is 1. The minimum absolute atomic E-state index is 0. The van der Waals surface area contributed by atoms with E-state index in [0.29, 0.717) is 0 Å². The van der Waals surface area contributed by atoms with Gasteiger partial charge >= 0.3 is 0 Å². The van der Waals surface area contributed by atoms with Gasteiger partial charge in [0.05, 0.1) is 5.84 Å². The maximum Gasteiger partial charge on any atom is 0.0873 e. The molecule has 0 atom stereocenters. The summed E-state index contributed by atoms with van der Waals surface area (Å²) in [7, 11) is 0. The van der Waals surface area contributed by atoms with E-state index in [1.54, 1.807) is 0 Å². The van der Waals surface area contributed by atoms with Gasteiger partial charge < -0.3 is 5.73 Å². The molecule has 0 aromatic heterocycles. The summed E-state index contributed by atoms with van der Waals surface area (Å²) < 4.78 is 0. The first-order valence-electron chi connectivity index (χ1n) is 1.04. The van der Waals surface area contributed by atoms with Gasteiger partial charge in [-0.15, -0.1) is 0 Å². The lowest BCUT2D eigenvalue weighted by atomic mass is 10.8. The van der Waals surface area contributed by atoms with E-state index in [-0.39, 0.29) is 7.26 Å². The molecule has 0 saturated carbocycles. The Morgan fingerprint density at radius 1 is 2.25 bits per heavy atom. The average Bonchev–Trinajstić information content (AvgIpc) is 0.811. The van der Waals surface area contributed by atoms with Crippen molar-refractivity contribution in [1.29, 1.82) is 5.41 Å². The zero-order valence-corrected chi connectivity index (χ0v) is 2.58. The van der Waals surface area contributed by atoms with E-state index in [9.17, 15) is 0 Å². The summed E-state index contributed by atoms with van der Waals surface area (Å²) >= 11 is 0.